The molecule has 0 saturated heterocycles. The van der Waals surface area contributed by atoms with Crippen LogP contribution < -0.4 is 5.32 Å². The fraction of sp³-hybridized carbons (Fsp3) is 0.154. The number of aromatic nitrogens is 2. The number of hydrogen-bond donors (Lipinski definition) is 2. The summed E-state index contributed by atoms with van der Waals surface area (Å²) in [6.45, 7) is -0.234. The van der Waals surface area contributed by atoms with Crippen molar-refractivity contribution < 1.29 is 36.6 Å². The van der Waals surface area contributed by atoms with Crippen LogP contribution in [0, 0.1) is 29.1 Å². The van der Waals surface area contributed by atoms with Crippen LogP contribution in [0.15, 0.2) is 12.3 Å². The molecule has 2 aromatic rings. The van der Waals surface area contributed by atoms with E-state index in [-0.39, 0.29) is 12.2 Å². The molecule has 0 radical (unpaired) electrons. The Morgan fingerprint density at radius 3 is 2.12 bits per heavy atom. The van der Waals surface area contributed by atoms with Crippen LogP contribution in [0.2, 0.25) is 0 Å². The van der Waals surface area contributed by atoms with Gasteiger partial charge in [-0.05, 0) is 6.07 Å². The van der Waals surface area contributed by atoms with E-state index in [1.165, 1.54) is 0 Å². The van der Waals surface area contributed by atoms with Crippen molar-refractivity contribution in [2.75, 3.05) is 5.32 Å². The summed E-state index contributed by atoms with van der Waals surface area (Å²) in [5.41, 5.74) is -1.83. The van der Waals surface area contributed by atoms with Gasteiger partial charge in [0.15, 0.2) is 23.3 Å². The number of aryl methyl sites for hydroxylation is 1. The molecule has 0 bridgehead atoms. The average Bonchev–Trinajstić information content (AvgIpc) is 3.01. The molecular formula is C13H8F5N3O3. The smallest absolute Gasteiger partial charge is 0.305 e. The fourth-order valence-corrected chi connectivity index (χ4v) is 1.80. The van der Waals surface area contributed by atoms with Crippen molar-refractivity contribution >= 4 is 17.6 Å². The van der Waals surface area contributed by atoms with E-state index >= 15 is 0 Å². The van der Waals surface area contributed by atoms with E-state index in [1.807, 2.05) is 0 Å². The number of carbonyl (C=O) groups is 2. The summed E-state index contributed by atoms with van der Waals surface area (Å²) in [6, 6.07) is 1.09. The van der Waals surface area contributed by atoms with Crippen molar-refractivity contribution in [3.63, 3.8) is 0 Å². The Morgan fingerprint density at radius 1 is 1.04 bits per heavy atom. The highest BCUT2D eigenvalue weighted by Crippen LogP contribution is 2.27. The van der Waals surface area contributed by atoms with Crippen LogP contribution in [0.3, 0.4) is 0 Å². The number of nitrogens with one attached hydrogen (secondary N) is 1. The molecule has 0 aliphatic rings. The number of hydrogen-bond acceptors (Lipinski definition) is 3. The summed E-state index contributed by atoms with van der Waals surface area (Å²) in [7, 11) is 0. The van der Waals surface area contributed by atoms with Crippen LogP contribution in [-0.4, -0.2) is 26.8 Å². The molecule has 1 aromatic heterocycles. The predicted octanol–water partition coefficient (Wildman–Crippen LogP) is 2.31. The summed E-state index contributed by atoms with van der Waals surface area (Å²) in [4.78, 5) is 22.5. The standard InChI is InChI=1S/C13H8F5N3O3/c14-7-8(15)10(17)12(11(18)9(7)16)20-13(24)5-1-3-19-21(5)4-2-6(22)23/h1,3H,2,4H2,(H,20,24)(H,22,23). The first-order valence-corrected chi connectivity index (χ1v) is 6.30. The Kier molecular flexibility index (Phi) is 4.81. The Morgan fingerprint density at radius 2 is 1.58 bits per heavy atom. The third-order valence-corrected chi connectivity index (χ3v) is 2.93. The molecule has 0 fully saturated rings. The molecule has 2 N–H and O–H groups in total. The second-order valence-corrected chi connectivity index (χ2v) is 4.48. The molecule has 2 rings (SSSR count). The van der Waals surface area contributed by atoms with E-state index in [4.69, 9.17) is 5.11 Å². The number of rotatable bonds is 5. The van der Waals surface area contributed by atoms with Crippen LogP contribution in [0.1, 0.15) is 16.9 Å². The third kappa shape index (κ3) is 3.19. The second-order valence-electron chi connectivity index (χ2n) is 4.48. The number of carboxylic acids is 1. The van der Waals surface area contributed by atoms with Gasteiger partial charge in [0.25, 0.3) is 5.91 Å². The molecule has 1 heterocycles. The summed E-state index contributed by atoms with van der Waals surface area (Å²) in [5.74, 6) is -13.6. The zero-order chi connectivity index (χ0) is 18.0. The van der Waals surface area contributed by atoms with Crippen molar-refractivity contribution in [1.29, 1.82) is 0 Å². The van der Waals surface area contributed by atoms with E-state index in [9.17, 15) is 31.5 Å². The summed E-state index contributed by atoms with van der Waals surface area (Å²) >= 11 is 0. The molecule has 0 atom stereocenters. The van der Waals surface area contributed by atoms with Gasteiger partial charge in [0.05, 0.1) is 13.0 Å². The summed E-state index contributed by atoms with van der Waals surface area (Å²) in [6.07, 6.45) is 0.708. The van der Waals surface area contributed by atoms with Gasteiger partial charge >= 0.3 is 5.97 Å². The van der Waals surface area contributed by atoms with Gasteiger partial charge in [-0.3, -0.25) is 14.3 Å². The lowest BCUT2D eigenvalue weighted by Gasteiger charge is -2.10. The zero-order valence-electron chi connectivity index (χ0n) is 11.6. The Bertz CT molecular complexity index is 792. The zero-order valence-corrected chi connectivity index (χ0v) is 11.6. The normalized spacial score (nSPS) is 10.7. The second kappa shape index (κ2) is 6.64. The third-order valence-electron chi connectivity index (χ3n) is 2.93. The molecule has 0 unspecified atom stereocenters. The first-order chi connectivity index (χ1) is 11.2. The van der Waals surface area contributed by atoms with Crippen LogP contribution in [0.25, 0.3) is 0 Å². The SMILES string of the molecule is O=C(O)CCn1nccc1C(=O)Nc1c(F)c(F)c(F)c(F)c1F. The molecule has 11 heteroatoms. The molecule has 24 heavy (non-hydrogen) atoms. The van der Waals surface area contributed by atoms with E-state index < -0.39 is 53.1 Å². The highest BCUT2D eigenvalue weighted by atomic mass is 19.2. The van der Waals surface area contributed by atoms with Crippen LogP contribution in [-0.2, 0) is 11.3 Å². The number of anilines is 1. The molecule has 1 amide bonds. The number of nitrogens with zero attached hydrogens (tertiary/aromatic N) is 2. The first-order valence-electron chi connectivity index (χ1n) is 6.30. The van der Waals surface area contributed by atoms with Crippen molar-refractivity contribution in [1.82, 2.24) is 9.78 Å². The monoisotopic (exact) mass is 349 g/mol. The van der Waals surface area contributed by atoms with Crippen LogP contribution >= 0.6 is 0 Å². The Labute approximate surface area is 130 Å². The van der Waals surface area contributed by atoms with Crippen molar-refractivity contribution in [3.8, 4) is 0 Å². The quantitative estimate of drug-likeness (QED) is 0.493. The number of aliphatic carboxylic acids is 1. The van der Waals surface area contributed by atoms with Gasteiger partial charge in [0.2, 0.25) is 5.82 Å². The number of benzene rings is 1. The number of halogens is 5. The molecule has 0 aliphatic carbocycles. The molecule has 0 aliphatic heterocycles. The van der Waals surface area contributed by atoms with Gasteiger partial charge in [0, 0.05) is 6.20 Å². The molecule has 0 spiro atoms. The Hall–Kier alpha value is -2.98. The van der Waals surface area contributed by atoms with Crippen LogP contribution in [0.5, 0.6) is 0 Å². The van der Waals surface area contributed by atoms with E-state index in [0.717, 1.165) is 16.9 Å². The minimum absolute atomic E-state index is 0.234. The maximum absolute atomic E-state index is 13.5. The summed E-state index contributed by atoms with van der Waals surface area (Å²) < 4.78 is 67.1. The molecule has 1 aromatic carbocycles. The number of carbonyl (C=O) groups excluding carboxylic acids is 1. The van der Waals surface area contributed by atoms with Crippen molar-refractivity contribution in [2.45, 2.75) is 13.0 Å². The number of carboxylic acid groups (broad SMARTS) is 1. The lowest BCUT2D eigenvalue weighted by Crippen LogP contribution is -2.21. The molecular weight excluding hydrogens is 341 g/mol. The van der Waals surface area contributed by atoms with E-state index in [0.29, 0.717) is 0 Å². The van der Waals surface area contributed by atoms with Gasteiger partial charge in [-0.2, -0.15) is 5.10 Å². The highest BCUT2D eigenvalue weighted by molar-refractivity contribution is 6.03. The largest absolute Gasteiger partial charge is 0.481 e. The Balaban J connectivity index is 2.32. The lowest BCUT2D eigenvalue weighted by molar-refractivity contribution is -0.137. The maximum atomic E-state index is 13.5. The lowest BCUT2D eigenvalue weighted by atomic mass is 10.2. The minimum atomic E-state index is -2.35. The predicted molar refractivity (Wildman–Crippen MR) is 68.7 cm³/mol. The van der Waals surface area contributed by atoms with E-state index in [1.54, 1.807) is 5.32 Å². The molecule has 6 nitrogen and oxygen atoms in total. The number of amides is 1. The fourth-order valence-electron chi connectivity index (χ4n) is 1.80. The van der Waals surface area contributed by atoms with Gasteiger partial charge in [0.1, 0.15) is 11.4 Å². The average molecular weight is 349 g/mol. The van der Waals surface area contributed by atoms with Crippen LogP contribution in [0.4, 0.5) is 27.6 Å². The maximum Gasteiger partial charge on any atom is 0.305 e. The summed E-state index contributed by atoms with van der Waals surface area (Å²) in [5, 5.41) is 13.8. The van der Waals surface area contributed by atoms with Gasteiger partial charge in [-0.1, -0.05) is 0 Å². The topological polar surface area (TPSA) is 84.2 Å². The highest BCUT2D eigenvalue weighted by Gasteiger charge is 2.27. The molecule has 128 valence electrons. The van der Waals surface area contributed by atoms with E-state index in [2.05, 4.69) is 5.10 Å². The van der Waals surface area contributed by atoms with Crippen molar-refractivity contribution in [2.24, 2.45) is 0 Å². The first kappa shape index (κ1) is 17.4. The van der Waals surface area contributed by atoms with Gasteiger partial charge in [-0.15, -0.1) is 0 Å². The van der Waals surface area contributed by atoms with Crippen molar-refractivity contribution in [3.05, 3.63) is 47.0 Å². The van der Waals surface area contributed by atoms with Gasteiger partial charge in [-0.25, -0.2) is 22.0 Å². The molecule has 0 saturated carbocycles. The minimum Gasteiger partial charge on any atom is -0.481 e. The van der Waals surface area contributed by atoms with Gasteiger partial charge < -0.3 is 10.4 Å².